The summed E-state index contributed by atoms with van der Waals surface area (Å²) in [5, 5.41) is 32.7. The number of hydrogen-bond donors (Lipinski definition) is 2. The van der Waals surface area contributed by atoms with Gasteiger partial charge in [-0.05, 0) is 92.4 Å². The molecule has 4 rings (SSSR count). The monoisotopic (exact) mass is 475 g/mol. The van der Waals surface area contributed by atoms with Gasteiger partial charge in [0.05, 0.1) is 23.7 Å². The fraction of sp³-hybridized carbons (Fsp3) is 0.345. The summed E-state index contributed by atoms with van der Waals surface area (Å²) < 4.78 is 5.60. The molecule has 0 radical (unpaired) electrons. The standard InChI is InChI=1S/C29H33NO5/c1-28(2)17-26(18-29(3,4)30(28,5)34)35-27(33)23-15-21(19-6-10-24(31)11-7-19)14-22(16-23)20-8-12-25(32)13-9-20/h6-16,26,31-32H,17-18H2,1-5H3. The molecule has 184 valence electrons. The molecule has 1 aliphatic heterocycles. The van der Waals surface area contributed by atoms with Crippen molar-refractivity contribution in [1.82, 2.24) is 0 Å². The lowest BCUT2D eigenvalue weighted by atomic mass is 9.78. The Kier molecular flexibility index (Phi) is 6.16. The zero-order chi connectivity index (χ0) is 25.6. The first-order valence-electron chi connectivity index (χ1n) is 11.8. The number of piperidine rings is 1. The molecule has 0 atom stereocenters. The number of esters is 1. The molecule has 35 heavy (non-hydrogen) atoms. The van der Waals surface area contributed by atoms with E-state index in [-0.39, 0.29) is 17.6 Å². The average molecular weight is 476 g/mol. The number of likely N-dealkylation sites (tertiary alicyclic amines) is 1. The predicted octanol–water partition coefficient (Wildman–Crippen LogP) is 6.25. The maximum atomic E-state index is 13.4. The van der Waals surface area contributed by atoms with Crippen molar-refractivity contribution in [3.8, 4) is 33.8 Å². The van der Waals surface area contributed by atoms with E-state index >= 15 is 0 Å². The molecule has 3 aromatic rings. The van der Waals surface area contributed by atoms with Gasteiger partial charge in [0.2, 0.25) is 0 Å². The van der Waals surface area contributed by atoms with Crippen LogP contribution in [0.5, 0.6) is 11.5 Å². The first-order valence-corrected chi connectivity index (χ1v) is 11.8. The van der Waals surface area contributed by atoms with Crippen molar-refractivity contribution in [3.63, 3.8) is 0 Å². The van der Waals surface area contributed by atoms with Crippen LogP contribution in [0.15, 0.2) is 66.7 Å². The van der Waals surface area contributed by atoms with E-state index in [0.717, 1.165) is 22.3 Å². The topological polar surface area (TPSA) is 89.8 Å². The molecular weight excluding hydrogens is 442 g/mol. The highest BCUT2D eigenvalue weighted by molar-refractivity contribution is 5.93. The molecule has 0 spiro atoms. The Morgan fingerprint density at radius 2 is 1.20 bits per heavy atom. The van der Waals surface area contributed by atoms with Gasteiger partial charge in [-0.1, -0.05) is 24.3 Å². The minimum Gasteiger partial charge on any atom is -0.632 e. The SMILES string of the molecule is CC1(C)CC(OC(=O)c2cc(-c3ccc(O)cc3)cc(-c3ccc(O)cc3)c2)CC(C)(C)[N+]1(C)[O-]. The van der Waals surface area contributed by atoms with E-state index in [9.17, 15) is 20.2 Å². The minimum atomic E-state index is -0.599. The van der Waals surface area contributed by atoms with Crippen molar-refractivity contribution < 1.29 is 24.4 Å². The highest BCUT2D eigenvalue weighted by Crippen LogP contribution is 2.44. The van der Waals surface area contributed by atoms with E-state index < -0.39 is 21.7 Å². The number of phenols is 2. The van der Waals surface area contributed by atoms with E-state index in [2.05, 4.69) is 0 Å². The number of hydrogen-bond acceptors (Lipinski definition) is 5. The van der Waals surface area contributed by atoms with E-state index in [1.54, 1.807) is 67.7 Å². The molecule has 0 aromatic heterocycles. The molecule has 0 saturated carbocycles. The lowest BCUT2D eigenvalue weighted by molar-refractivity contribution is -0.962. The van der Waals surface area contributed by atoms with Gasteiger partial charge in [0, 0.05) is 12.8 Å². The Morgan fingerprint density at radius 1 is 0.800 bits per heavy atom. The third-order valence-electron chi connectivity index (χ3n) is 7.61. The Morgan fingerprint density at radius 3 is 1.60 bits per heavy atom. The third kappa shape index (κ3) is 4.77. The van der Waals surface area contributed by atoms with Crippen LogP contribution in [0, 0.1) is 5.21 Å². The first kappa shape index (κ1) is 24.8. The molecule has 2 N–H and O–H groups in total. The summed E-state index contributed by atoms with van der Waals surface area (Å²) >= 11 is 0. The van der Waals surface area contributed by atoms with E-state index in [4.69, 9.17) is 4.74 Å². The van der Waals surface area contributed by atoms with Crippen molar-refractivity contribution >= 4 is 5.97 Å². The number of rotatable bonds is 4. The van der Waals surface area contributed by atoms with Gasteiger partial charge in [-0.2, -0.15) is 0 Å². The smallest absolute Gasteiger partial charge is 0.338 e. The van der Waals surface area contributed by atoms with Crippen LogP contribution in [0.1, 0.15) is 50.9 Å². The largest absolute Gasteiger partial charge is 0.632 e. The van der Waals surface area contributed by atoms with Crippen LogP contribution in [-0.2, 0) is 4.74 Å². The molecule has 0 amide bonds. The van der Waals surface area contributed by atoms with Gasteiger partial charge in [0.1, 0.15) is 17.6 Å². The Labute approximate surface area is 206 Å². The van der Waals surface area contributed by atoms with E-state index in [1.165, 1.54) is 0 Å². The second-order valence-corrected chi connectivity index (χ2v) is 10.9. The second-order valence-electron chi connectivity index (χ2n) is 10.9. The number of phenolic OH excluding ortho intramolecular Hbond substituents is 2. The van der Waals surface area contributed by atoms with Crippen LogP contribution in [0.2, 0.25) is 0 Å². The molecule has 1 saturated heterocycles. The molecule has 0 aliphatic carbocycles. The molecular formula is C29H33NO5. The highest BCUT2D eigenvalue weighted by Gasteiger charge is 2.52. The molecule has 1 heterocycles. The predicted molar refractivity (Wildman–Crippen MR) is 137 cm³/mol. The summed E-state index contributed by atoms with van der Waals surface area (Å²) in [6.45, 7) is 7.71. The maximum absolute atomic E-state index is 13.4. The molecule has 6 nitrogen and oxygen atoms in total. The zero-order valence-corrected chi connectivity index (χ0v) is 20.9. The van der Waals surface area contributed by atoms with Crippen LogP contribution < -0.4 is 0 Å². The van der Waals surface area contributed by atoms with E-state index in [1.807, 2.05) is 33.8 Å². The van der Waals surface area contributed by atoms with Gasteiger partial charge in [0.15, 0.2) is 0 Å². The van der Waals surface area contributed by atoms with Crippen LogP contribution in [0.3, 0.4) is 0 Å². The van der Waals surface area contributed by atoms with Crippen molar-refractivity contribution in [2.75, 3.05) is 7.05 Å². The van der Waals surface area contributed by atoms with Crippen molar-refractivity contribution in [1.29, 1.82) is 0 Å². The first-order chi connectivity index (χ1) is 16.3. The molecule has 0 bridgehead atoms. The molecule has 1 fully saturated rings. The third-order valence-corrected chi connectivity index (χ3v) is 7.61. The van der Waals surface area contributed by atoms with Crippen LogP contribution in [-0.4, -0.2) is 45.1 Å². The van der Waals surface area contributed by atoms with Gasteiger partial charge in [-0.3, -0.25) is 0 Å². The Balaban J connectivity index is 1.69. The summed E-state index contributed by atoms with van der Waals surface area (Å²) in [5.41, 5.74) is 2.49. The number of quaternary nitrogens is 1. The maximum Gasteiger partial charge on any atom is 0.338 e. The molecule has 3 aromatic carbocycles. The fourth-order valence-corrected chi connectivity index (χ4v) is 5.04. The van der Waals surface area contributed by atoms with Gasteiger partial charge < -0.3 is 24.8 Å². The van der Waals surface area contributed by atoms with Crippen molar-refractivity contribution in [3.05, 3.63) is 77.5 Å². The number of aromatic hydroxyl groups is 2. The minimum absolute atomic E-state index is 0.161. The number of benzene rings is 3. The molecule has 0 unspecified atom stereocenters. The summed E-state index contributed by atoms with van der Waals surface area (Å²) in [6.07, 6.45) is 0.581. The number of ether oxygens (including phenoxy) is 1. The van der Waals surface area contributed by atoms with E-state index in [0.29, 0.717) is 18.4 Å². The van der Waals surface area contributed by atoms with Gasteiger partial charge in [-0.25, -0.2) is 4.79 Å². The summed E-state index contributed by atoms with van der Waals surface area (Å²) in [4.78, 5) is 13.4. The molecule has 6 heteroatoms. The highest BCUT2D eigenvalue weighted by atomic mass is 16.6. The van der Waals surface area contributed by atoms with Crippen LogP contribution in [0.25, 0.3) is 22.3 Å². The normalized spacial score (nSPS) is 23.0. The number of hydroxylamine groups is 3. The molecule has 1 aliphatic rings. The summed E-state index contributed by atoms with van der Waals surface area (Å²) in [5.74, 6) is -0.118. The van der Waals surface area contributed by atoms with Crippen molar-refractivity contribution in [2.45, 2.75) is 57.7 Å². The Hall–Kier alpha value is -3.35. The van der Waals surface area contributed by atoms with Gasteiger partial charge >= 0.3 is 5.97 Å². The summed E-state index contributed by atoms with van der Waals surface area (Å²) in [6, 6.07) is 19.1. The average Bonchev–Trinajstić information content (AvgIpc) is 2.78. The quantitative estimate of drug-likeness (QED) is 0.264. The number of carbonyl (C=O) groups excluding carboxylic acids is 1. The number of carbonyl (C=O) groups is 1. The Bertz CT molecular complexity index is 1140. The lowest BCUT2D eigenvalue weighted by Gasteiger charge is -2.64. The zero-order valence-electron chi connectivity index (χ0n) is 20.9. The lowest BCUT2D eigenvalue weighted by Crippen LogP contribution is -2.70. The number of nitrogens with zero attached hydrogens (tertiary/aromatic N) is 1. The van der Waals surface area contributed by atoms with Gasteiger partial charge in [-0.15, -0.1) is 0 Å². The second kappa shape index (κ2) is 8.70. The van der Waals surface area contributed by atoms with Crippen LogP contribution >= 0.6 is 0 Å². The summed E-state index contributed by atoms with van der Waals surface area (Å²) in [7, 11) is 1.70. The van der Waals surface area contributed by atoms with Crippen molar-refractivity contribution in [2.24, 2.45) is 0 Å². The fourth-order valence-electron chi connectivity index (χ4n) is 5.04. The van der Waals surface area contributed by atoms with Gasteiger partial charge in [0.25, 0.3) is 0 Å². The van der Waals surface area contributed by atoms with Crippen LogP contribution in [0.4, 0.5) is 0 Å².